The summed E-state index contributed by atoms with van der Waals surface area (Å²) < 4.78 is 7.44. The number of carbonyl (C=O) groups is 1. The number of nitrogens with zero attached hydrogens (tertiary/aromatic N) is 3. The van der Waals surface area contributed by atoms with Crippen LogP contribution in [0.2, 0.25) is 0 Å². The predicted octanol–water partition coefficient (Wildman–Crippen LogP) is 4.26. The van der Waals surface area contributed by atoms with Crippen LogP contribution >= 0.6 is 0 Å². The number of nitrogens with one attached hydrogen (secondary N) is 1. The van der Waals surface area contributed by atoms with Gasteiger partial charge in [0.05, 0.1) is 22.5 Å². The van der Waals surface area contributed by atoms with Crippen LogP contribution in [0, 0.1) is 24.0 Å². The van der Waals surface area contributed by atoms with E-state index in [0.29, 0.717) is 11.3 Å². The van der Waals surface area contributed by atoms with E-state index in [1.807, 2.05) is 13.8 Å². The highest BCUT2D eigenvalue weighted by Gasteiger charge is 2.16. The van der Waals surface area contributed by atoms with Gasteiger partial charge in [-0.2, -0.15) is 5.10 Å². The van der Waals surface area contributed by atoms with Gasteiger partial charge in [0.2, 0.25) is 0 Å². The van der Waals surface area contributed by atoms with Crippen molar-refractivity contribution in [1.29, 1.82) is 0 Å². The minimum atomic E-state index is -0.467. The number of aryl methyl sites for hydroxylation is 2. The molecular formula is C21H22N4O4. The van der Waals surface area contributed by atoms with E-state index < -0.39 is 4.92 Å². The molecule has 0 saturated heterocycles. The summed E-state index contributed by atoms with van der Waals surface area (Å²) in [6, 6.07) is 11.8. The van der Waals surface area contributed by atoms with Gasteiger partial charge in [0, 0.05) is 18.2 Å². The van der Waals surface area contributed by atoms with Crippen LogP contribution in [0.5, 0.6) is 5.75 Å². The largest absolute Gasteiger partial charge is 0.482 e. The zero-order valence-electron chi connectivity index (χ0n) is 16.5. The predicted molar refractivity (Wildman–Crippen MR) is 109 cm³/mol. The van der Waals surface area contributed by atoms with Crippen LogP contribution in [0.3, 0.4) is 0 Å². The van der Waals surface area contributed by atoms with Gasteiger partial charge in [0.25, 0.3) is 5.91 Å². The lowest BCUT2D eigenvalue weighted by Gasteiger charge is -2.09. The molecule has 0 atom stereocenters. The Morgan fingerprint density at radius 2 is 2.03 bits per heavy atom. The summed E-state index contributed by atoms with van der Waals surface area (Å²) in [5.74, 6) is -0.0648. The van der Waals surface area contributed by atoms with Crippen LogP contribution in [0.15, 0.2) is 48.7 Å². The lowest BCUT2D eigenvalue weighted by Crippen LogP contribution is -2.13. The quantitative estimate of drug-likeness (QED) is 0.477. The Bertz CT molecular complexity index is 1060. The third-order valence-electron chi connectivity index (χ3n) is 4.55. The molecule has 0 unspecified atom stereocenters. The second-order valence-electron chi connectivity index (χ2n) is 6.63. The number of aromatic nitrogens is 2. The van der Waals surface area contributed by atoms with Crippen LogP contribution in [-0.2, 0) is 13.2 Å². The molecule has 8 nitrogen and oxygen atoms in total. The number of nitro groups is 1. The lowest BCUT2D eigenvalue weighted by atomic mass is 10.1. The molecule has 0 saturated carbocycles. The minimum Gasteiger partial charge on any atom is -0.482 e. The number of amides is 1. The van der Waals surface area contributed by atoms with E-state index in [1.54, 1.807) is 54.2 Å². The van der Waals surface area contributed by atoms with Gasteiger partial charge in [-0.05, 0) is 50.1 Å². The van der Waals surface area contributed by atoms with Gasteiger partial charge in [-0.3, -0.25) is 19.6 Å². The van der Waals surface area contributed by atoms with Gasteiger partial charge in [0.1, 0.15) is 6.61 Å². The van der Waals surface area contributed by atoms with E-state index in [-0.39, 0.29) is 24.0 Å². The van der Waals surface area contributed by atoms with Crippen molar-refractivity contribution in [2.45, 2.75) is 33.9 Å². The maximum atomic E-state index is 12.6. The molecule has 1 heterocycles. The number of anilines is 1. The normalized spacial score (nSPS) is 10.6. The van der Waals surface area contributed by atoms with Crippen molar-refractivity contribution >= 4 is 17.3 Å². The van der Waals surface area contributed by atoms with Crippen LogP contribution in [0.4, 0.5) is 11.4 Å². The third kappa shape index (κ3) is 4.60. The first-order valence-electron chi connectivity index (χ1n) is 9.19. The van der Waals surface area contributed by atoms with E-state index in [4.69, 9.17) is 4.74 Å². The monoisotopic (exact) mass is 394 g/mol. The fourth-order valence-electron chi connectivity index (χ4n) is 2.94. The summed E-state index contributed by atoms with van der Waals surface area (Å²) in [4.78, 5) is 23.3. The fourth-order valence-corrected chi connectivity index (χ4v) is 2.94. The first-order chi connectivity index (χ1) is 13.9. The zero-order chi connectivity index (χ0) is 21.0. The molecule has 0 fully saturated rings. The average molecular weight is 394 g/mol. The molecule has 0 spiro atoms. The minimum absolute atomic E-state index is 0.0812. The second kappa shape index (κ2) is 8.55. The summed E-state index contributed by atoms with van der Waals surface area (Å²) in [7, 11) is 0. The lowest BCUT2D eigenvalue weighted by molar-refractivity contribution is -0.386. The fraction of sp³-hybridized carbons (Fsp3) is 0.238. The average Bonchev–Trinajstić information content (AvgIpc) is 3.06. The maximum absolute atomic E-state index is 12.6. The molecule has 0 aliphatic heterocycles. The molecule has 3 rings (SSSR count). The van der Waals surface area contributed by atoms with E-state index in [1.165, 1.54) is 6.07 Å². The summed E-state index contributed by atoms with van der Waals surface area (Å²) in [5.41, 5.74) is 3.44. The van der Waals surface area contributed by atoms with Crippen molar-refractivity contribution < 1.29 is 14.5 Å². The number of hydrogen-bond donors (Lipinski definition) is 1. The van der Waals surface area contributed by atoms with Crippen molar-refractivity contribution in [3.63, 3.8) is 0 Å². The van der Waals surface area contributed by atoms with Crippen molar-refractivity contribution in [2.24, 2.45) is 0 Å². The molecule has 2 aromatic carbocycles. The molecule has 0 radical (unpaired) electrons. The zero-order valence-corrected chi connectivity index (χ0v) is 16.5. The Kier molecular flexibility index (Phi) is 5.92. The SMILES string of the molecule is CCn1ncc(NC(=O)c2cccc(COc3ccc(C)cc3[N+](=O)[O-])c2)c1C. The Morgan fingerprint density at radius 1 is 1.24 bits per heavy atom. The topological polar surface area (TPSA) is 99.3 Å². The smallest absolute Gasteiger partial charge is 0.311 e. The van der Waals surface area contributed by atoms with E-state index in [2.05, 4.69) is 10.4 Å². The molecule has 0 bridgehead atoms. The molecule has 1 aromatic heterocycles. The highest BCUT2D eigenvalue weighted by molar-refractivity contribution is 6.04. The van der Waals surface area contributed by atoms with E-state index >= 15 is 0 Å². The van der Waals surface area contributed by atoms with Crippen molar-refractivity contribution in [3.8, 4) is 5.75 Å². The molecule has 3 aromatic rings. The Morgan fingerprint density at radius 3 is 2.72 bits per heavy atom. The van der Waals surface area contributed by atoms with Gasteiger partial charge in [-0.25, -0.2) is 0 Å². The molecule has 0 aliphatic rings. The Balaban J connectivity index is 1.72. The van der Waals surface area contributed by atoms with E-state index in [9.17, 15) is 14.9 Å². The number of ether oxygens (including phenoxy) is 1. The maximum Gasteiger partial charge on any atom is 0.311 e. The standard InChI is InChI=1S/C21H22N4O4/c1-4-24-15(3)18(12-22-24)23-21(26)17-7-5-6-16(11-17)13-29-20-9-8-14(2)10-19(20)25(27)28/h5-12H,4,13H2,1-3H3,(H,23,26). The highest BCUT2D eigenvalue weighted by atomic mass is 16.6. The Hall–Kier alpha value is -3.68. The van der Waals surface area contributed by atoms with Crippen LogP contribution in [0.1, 0.15) is 34.1 Å². The summed E-state index contributed by atoms with van der Waals surface area (Å²) in [6.45, 7) is 6.49. The molecule has 8 heteroatoms. The van der Waals surface area contributed by atoms with Gasteiger partial charge >= 0.3 is 5.69 Å². The van der Waals surface area contributed by atoms with Gasteiger partial charge < -0.3 is 10.1 Å². The Labute approximate surface area is 168 Å². The van der Waals surface area contributed by atoms with Crippen molar-refractivity contribution in [1.82, 2.24) is 9.78 Å². The van der Waals surface area contributed by atoms with Crippen molar-refractivity contribution in [3.05, 3.63) is 81.2 Å². The molecule has 1 amide bonds. The molecule has 29 heavy (non-hydrogen) atoms. The third-order valence-corrected chi connectivity index (χ3v) is 4.55. The number of benzene rings is 2. The number of hydrogen-bond acceptors (Lipinski definition) is 5. The molecule has 1 N–H and O–H groups in total. The second-order valence-corrected chi connectivity index (χ2v) is 6.63. The summed E-state index contributed by atoms with van der Waals surface area (Å²) in [5, 5.41) is 18.3. The van der Waals surface area contributed by atoms with E-state index in [0.717, 1.165) is 23.4 Å². The van der Waals surface area contributed by atoms with Gasteiger partial charge in [0.15, 0.2) is 5.75 Å². The van der Waals surface area contributed by atoms with Crippen LogP contribution < -0.4 is 10.1 Å². The summed E-state index contributed by atoms with van der Waals surface area (Å²) in [6.07, 6.45) is 1.63. The first-order valence-corrected chi connectivity index (χ1v) is 9.19. The van der Waals surface area contributed by atoms with Gasteiger partial charge in [-0.1, -0.05) is 18.2 Å². The number of rotatable bonds is 7. The number of carbonyl (C=O) groups excluding carboxylic acids is 1. The summed E-state index contributed by atoms with van der Waals surface area (Å²) >= 11 is 0. The van der Waals surface area contributed by atoms with Crippen molar-refractivity contribution in [2.75, 3.05) is 5.32 Å². The molecule has 150 valence electrons. The first kappa shape index (κ1) is 20.1. The molecule has 0 aliphatic carbocycles. The number of nitro benzene ring substituents is 1. The van der Waals surface area contributed by atoms with Crippen LogP contribution in [-0.4, -0.2) is 20.6 Å². The van der Waals surface area contributed by atoms with Gasteiger partial charge in [-0.15, -0.1) is 0 Å². The highest BCUT2D eigenvalue weighted by Crippen LogP contribution is 2.28. The van der Waals surface area contributed by atoms with Crippen LogP contribution in [0.25, 0.3) is 0 Å². The molecular weight excluding hydrogens is 372 g/mol.